The van der Waals surface area contributed by atoms with Gasteiger partial charge in [0, 0.05) is 16.7 Å². The van der Waals surface area contributed by atoms with Gasteiger partial charge in [0.2, 0.25) is 17.3 Å². The number of para-hydroxylation sites is 6. The molecule has 12 rings (SSSR count). The highest BCUT2D eigenvalue weighted by molar-refractivity contribution is 6.00. The summed E-state index contributed by atoms with van der Waals surface area (Å²) in [5.74, 6) is 3.15. The molecule has 7 aromatic carbocycles. The summed E-state index contributed by atoms with van der Waals surface area (Å²) in [4.78, 5) is 21.2. The first-order chi connectivity index (χ1) is 30.4. The Morgan fingerprint density at radius 3 is 1.63 bits per heavy atom. The number of hydrogen-bond donors (Lipinski definition) is 1. The van der Waals surface area contributed by atoms with E-state index in [-0.39, 0.29) is 16.6 Å². The molecule has 0 aliphatic heterocycles. The van der Waals surface area contributed by atoms with E-state index in [0.29, 0.717) is 11.4 Å². The van der Waals surface area contributed by atoms with Gasteiger partial charge in [0.15, 0.2) is 0 Å². The van der Waals surface area contributed by atoms with E-state index in [0.717, 1.165) is 101 Å². The molecule has 0 aliphatic carbocycles. The third kappa shape index (κ3) is 5.48. The average molecular weight is 821 g/mol. The summed E-state index contributed by atoms with van der Waals surface area (Å²) in [5.41, 5.74) is 14.5. The van der Waals surface area contributed by atoms with Crippen molar-refractivity contribution < 1.29 is 5.11 Å². The van der Waals surface area contributed by atoms with Crippen LogP contribution in [0.5, 0.6) is 5.75 Å². The lowest BCUT2D eigenvalue weighted by atomic mass is 9.79. The molecule has 5 aromatic heterocycles. The van der Waals surface area contributed by atoms with Gasteiger partial charge in [-0.3, -0.25) is 4.57 Å². The van der Waals surface area contributed by atoms with Crippen molar-refractivity contribution in [3.05, 3.63) is 163 Å². The first-order valence-corrected chi connectivity index (χ1v) is 21.5. The summed E-state index contributed by atoms with van der Waals surface area (Å²) < 4.78 is 8.67. The van der Waals surface area contributed by atoms with Gasteiger partial charge in [0.05, 0.1) is 55.4 Å². The zero-order valence-electron chi connectivity index (χ0n) is 36.0. The second-order valence-electron chi connectivity index (χ2n) is 18.7. The fourth-order valence-corrected chi connectivity index (χ4v) is 9.39. The van der Waals surface area contributed by atoms with Crippen LogP contribution in [0.3, 0.4) is 0 Å². The fourth-order valence-electron chi connectivity index (χ4n) is 9.39. The van der Waals surface area contributed by atoms with Crippen LogP contribution in [-0.4, -0.2) is 42.8 Å². The molecule has 1 N–H and O–H groups in total. The molecule has 0 bridgehead atoms. The van der Waals surface area contributed by atoms with Gasteiger partial charge in [-0.25, -0.2) is 33.1 Å². The zero-order valence-corrected chi connectivity index (χ0v) is 36.0. The highest BCUT2D eigenvalue weighted by Crippen LogP contribution is 2.45. The van der Waals surface area contributed by atoms with Gasteiger partial charge in [-0.1, -0.05) is 139 Å². The van der Waals surface area contributed by atoms with Gasteiger partial charge in [-0.15, -0.1) is 0 Å². The lowest BCUT2D eigenvalue weighted by molar-refractivity contribution is 0.446. The number of phenolic OH excluding ortho intramolecular Hbond substituents is 1. The van der Waals surface area contributed by atoms with Crippen molar-refractivity contribution in [3.63, 3.8) is 0 Å². The number of nitrogens with zero attached hydrogens (tertiary/aromatic N) is 8. The van der Waals surface area contributed by atoms with Crippen LogP contribution in [0.15, 0.2) is 152 Å². The highest BCUT2D eigenvalue weighted by atomic mass is 16.3. The van der Waals surface area contributed by atoms with Crippen LogP contribution < -0.4 is 0 Å². The molecule has 0 radical (unpaired) electrons. The molecule has 0 saturated heterocycles. The molecule has 9 nitrogen and oxygen atoms in total. The molecule has 63 heavy (non-hydrogen) atoms. The van der Waals surface area contributed by atoms with Crippen molar-refractivity contribution in [2.75, 3.05) is 0 Å². The minimum atomic E-state index is -0.325. The Kier molecular flexibility index (Phi) is 7.71. The maximum atomic E-state index is 12.4. The smallest absolute Gasteiger partial charge is 0.225 e. The van der Waals surface area contributed by atoms with Crippen molar-refractivity contribution in [3.8, 4) is 45.1 Å². The van der Waals surface area contributed by atoms with Crippen molar-refractivity contribution in [2.24, 2.45) is 0 Å². The van der Waals surface area contributed by atoms with Gasteiger partial charge in [0.1, 0.15) is 11.6 Å². The summed E-state index contributed by atoms with van der Waals surface area (Å²) in [7, 11) is 0. The molecular formula is C54H44N8O. The lowest BCUT2D eigenvalue weighted by Crippen LogP contribution is -2.17. The maximum Gasteiger partial charge on any atom is 0.225 e. The van der Waals surface area contributed by atoms with E-state index in [4.69, 9.17) is 19.9 Å². The van der Waals surface area contributed by atoms with Gasteiger partial charge in [-0.05, 0) is 82.1 Å². The van der Waals surface area contributed by atoms with Crippen LogP contribution in [0.25, 0.3) is 101 Å². The number of aromatic hydroxyl groups is 1. The predicted octanol–water partition coefficient (Wildman–Crippen LogP) is 12.7. The molecule has 0 atom stereocenters. The van der Waals surface area contributed by atoms with Crippen LogP contribution in [0.1, 0.15) is 52.7 Å². The molecule has 5 heterocycles. The Hall–Kier alpha value is -7.78. The standard InChI is InChI=1S/C54H44N8O/c1-53(2,3)34-30-37(48(63)38(31-34)54(4,5)6)49-58-47-36(20-16-26-45(47)59(49)42-23-13-10-19-35(42)32-17-8-7-9-18-32)33-27-28-41-46(29-33)62-51-56-40-22-12-15-25-44(40)60(51)50-55-39-21-11-14-24-43(39)61(50)52(62)57-41/h7-31,63H,1-6H3. The summed E-state index contributed by atoms with van der Waals surface area (Å²) in [6.07, 6.45) is 0. The normalized spacial score (nSPS) is 12.7. The molecule has 0 unspecified atom stereocenters. The Balaban J connectivity index is 1.17. The van der Waals surface area contributed by atoms with E-state index >= 15 is 0 Å². The van der Waals surface area contributed by atoms with Crippen LogP contribution in [0, 0.1) is 0 Å². The topological polar surface area (TPSA) is 90.0 Å². The van der Waals surface area contributed by atoms with Gasteiger partial charge >= 0.3 is 0 Å². The number of phenols is 1. The van der Waals surface area contributed by atoms with Gasteiger partial charge < -0.3 is 5.11 Å². The largest absolute Gasteiger partial charge is 0.507 e. The van der Waals surface area contributed by atoms with Crippen LogP contribution in [-0.2, 0) is 10.8 Å². The number of imidazole rings is 4. The second-order valence-corrected chi connectivity index (χ2v) is 18.7. The highest BCUT2D eigenvalue weighted by Gasteiger charge is 2.29. The molecule has 0 saturated carbocycles. The van der Waals surface area contributed by atoms with Crippen LogP contribution >= 0.6 is 0 Å². The molecule has 0 amide bonds. The SMILES string of the molecule is CC(C)(C)c1cc(-c2nc3c(-c4ccc5nc6n7c8ccccc8nc7n7c8ccccc8nc7n6c5c4)cccc3n2-c2ccccc2-c2ccccc2)c(O)c(C(C)(C)C)c1. The summed E-state index contributed by atoms with van der Waals surface area (Å²) in [5, 5.41) is 12.4. The second kappa shape index (κ2) is 13.1. The van der Waals surface area contributed by atoms with E-state index in [9.17, 15) is 5.11 Å². The monoisotopic (exact) mass is 820 g/mol. The Morgan fingerprint density at radius 1 is 0.429 bits per heavy atom. The van der Waals surface area contributed by atoms with E-state index in [1.54, 1.807) is 0 Å². The first kappa shape index (κ1) is 37.0. The zero-order chi connectivity index (χ0) is 42.9. The summed E-state index contributed by atoms with van der Waals surface area (Å²) in [6.45, 7) is 13.1. The number of rotatable bonds is 4. The Morgan fingerprint density at radius 2 is 0.984 bits per heavy atom. The molecule has 306 valence electrons. The predicted molar refractivity (Wildman–Crippen MR) is 255 cm³/mol. The van der Waals surface area contributed by atoms with E-state index in [2.05, 4.69) is 169 Å². The first-order valence-electron chi connectivity index (χ1n) is 21.5. The van der Waals surface area contributed by atoms with E-state index in [1.807, 2.05) is 42.5 Å². The van der Waals surface area contributed by atoms with Crippen molar-refractivity contribution in [2.45, 2.75) is 52.4 Å². The Labute approximate surface area is 363 Å². The summed E-state index contributed by atoms with van der Waals surface area (Å²) >= 11 is 0. The number of hydrogen-bond acceptors (Lipinski definition) is 5. The van der Waals surface area contributed by atoms with Crippen molar-refractivity contribution in [1.29, 1.82) is 0 Å². The molecule has 9 heteroatoms. The number of fused-ring (bicyclic) bond motifs is 13. The fraction of sp³-hybridized carbons (Fsp3) is 0.148. The molecule has 0 spiro atoms. The molecule has 12 aromatic rings. The maximum absolute atomic E-state index is 12.4. The van der Waals surface area contributed by atoms with Crippen molar-refractivity contribution >= 4 is 61.5 Å². The molecule has 0 fully saturated rings. The average Bonchev–Trinajstić information content (AvgIpc) is 4.05. The molecule has 0 aliphatic rings. The van der Waals surface area contributed by atoms with Crippen LogP contribution in [0.4, 0.5) is 0 Å². The van der Waals surface area contributed by atoms with E-state index in [1.165, 1.54) is 0 Å². The Bertz CT molecular complexity index is 3790. The van der Waals surface area contributed by atoms with Gasteiger partial charge in [0.25, 0.3) is 0 Å². The minimum Gasteiger partial charge on any atom is -0.507 e. The molecular weight excluding hydrogens is 777 g/mol. The minimum absolute atomic E-state index is 0.184. The third-order valence-corrected chi connectivity index (χ3v) is 12.6. The van der Waals surface area contributed by atoms with E-state index < -0.39 is 0 Å². The quantitative estimate of drug-likeness (QED) is 0.191. The van der Waals surface area contributed by atoms with Gasteiger partial charge in [-0.2, -0.15) is 0 Å². The summed E-state index contributed by atoms with van der Waals surface area (Å²) in [6, 6.07) is 52.5. The number of aromatic nitrogens is 8. The third-order valence-electron chi connectivity index (χ3n) is 12.6. The van der Waals surface area contributed by atoms with Crippen LogP contribution in [0.2, 0.25) is 0 Å². The lowest BCUT2D eigenvalue weighted by Gasteiger charge is -2.27. The van der Waals surface area contributed by atoms with Crippen molar-refractivity contribution in [1.82, 2.24) is 37.7 Å². The number of benzene rings is 7.